The van der Waals surface area contributed by atoms with Crippen molar-refractivity contribution in [1.82, 2.24) is 10.3 Å². The minimum absolute atomic E-state index is 0.0463. The first-order valence-electron chi connectivity index (χ1n) is 6.92. The van der Waals surface area contributed by atoms with Gasteiger partial charge in [-0.05, 0) is 19.1 Å². The van der Waals surface area contributed by atoms with Crippen LogP contribution in [0.1, 0.15) is 32.8 Å². The lowest BCUT2D eigenvalue weighted by Gasteiger charge is -2.13. The topological polar surface area (TPSA) is 97.8 Å². The number of ether oxygens (including phenoxy) is 2. The van der Waals surface area contributed by atoms with Gasteiger partial charge in [0.1, 0.15) is 5.01 Å². The average molecular weight is 371 g/mol. The van der Waals surface area contributed by atoms with Crippen molar-refractivity contribution in [2.45, 2.75) is 13.5 Å². The van der Waals surface area contributed by atoms with Gasteiger partial charge in [0.25, 0.3) is 5.91 Å². The van der Waals surface area contributed by atoms with Gasteiger partial charge in [0.15, 0.2) is 17.2 Å². The lowest BCUT2D eigenvalue weighted by molar-refractivity contribution is 0.0691. The van der Waals surface area contributed by atoms with Crippen LogP contribution in [-0.2, 0) is 6.54 Å². The highest BCUT2D eigenvalue weighted by Crippen LogP contribution is 2.36. The number of aromatic carboxylic acids is 1. The van der Waals surface area contributed by atoms with E-state index in [0.717, 1.165) is 11.3 Å². The molecule has 0 atom stereocenters. The molecule has 2 aromatic rings. The Morgan fingerprint density at radius 1 is 1.42 bits per heavy atom. The zero-order valence-electron chi connectivity index (χ0n) is 13.0. The van der Waals surface area contributed by atoms with Crippen LogP contribution in [0.3, 0.4) is 0 Å². The number of nitrogens with zero attached hydrogens (tertiary/aromatic N) is 1. The molecule has 2 N–H and O–H groups in total. The van der Waals surface area contributed by atoms with Crippen LogP contribution in [0.15, 0.2) is 17.5 Å². The lowest BCUT2D eigenvalue weighted by atomic mass is 10.2. The van der Waals surface area contributed by atoms with E-state index in [1.165, 1.54) is 24.6 Å². The molecule has 2 rings (SSSR count). The van der Waals surface area contributed by atoms with Crippen molar-refractivity contribution in [1.29, 1.82) is 0 Å². The molecule has 0 bridgehead atoms. The first kappa shape index (κ1) is 18.0. The van der Waals surface area contributed by atoms with Gasteiger partial charge in [-0.3, -0.25) is 4.79 Å². The third-order valence-corrected chi connectivity index (χ3v) is 4.08. The summed E-state index contributed by atoms with van der Waals surface area (Å²) in [6, 6.07) is 3.01. The number of aromatic nitrogens is 1. The molecular weight excluding hydrogens is 356 g/mol. The minimum atomic E-state index is -1.10. The predicted octanol–water partition coefficient (Wildman–Crippen LogP) is 2.83. The molecule has 0 unspecified atom stereocenters. The fourth-order valence-electron chi connectivity index (χ4n) is 1.88. The van der Waals surface area contributed by atoms with Crippen LogP contribution in [0.25, 0.3) is 0 Å². The van der Waals surface area contributed by atoms with Gasteiger partial charge in [-0.15, -0.1) is 11.3 Å². The summed E-state index contributed by atoms with van der Waals surface area (Å²) in [6.45, 7) is 2.34. The summed E-state index contributed by atoms with van der Waals surface area (Å²) in [5.74, 6) is -0.752. The van der Waals surface area contributed by atoms with Gasteiger partial charge < -0.3 is 19.9 Å². The molecule has 9 heteroatoms. The zero-order chi connectivity index (χ0) is 17.7. The number of benzene rings is 1. The molecule has 128 valence electrons. The smallest absolute Gasteiger partial charge is 0.355 e. The average Bonchev–Trinajstić information content (AvgIpc) is 3.03. The van der Waals surface area contributed by atoms with E-state index in [4.69, 9.17) is 26.2 Å². The normalized spacial score (nSPS) is 10.3. The largest absolute Gasteiger partial charge is 0.493 e. The minimum Gasteiger partial charge on any atom is -0.493 e. The summed E-state index contributed by atoms with van der Waals surface area (Å²) >= 11 is 7.29. The van der Waals surface area contributed by atoms with Gasteiger partial charge in [-0.1, -0.05) is 11.6 Å². The number of hydrogen-bond donors (Lipinski definition) is 2. The molecule has 1 aromatic heterocycles. The molecule has 0 saturated heterocycles. The van der Waals surface area contributed by atoms with E-state index in [-0.39, 0.29) is 23.2 Å². The number of nitrogens with one attached hydrogen (secondary N) is 1. The molecule has 1 heterocycles. The Kier molecular flexibility index (Phi) is 5.99. The number of carboxylic acid groups (broad SMARTS) is 1. The fourth-order valence-corrected chi connectivity index (χ4v) is 2.86. The van der Waals surface area contributed by atoms with Crippen molar-refractivity contribution < 1.29 is 24.2 Å². The van der Waals surface area contributed by atoms with Crippen LogP contribution < -0.4 is 14.8 Å². The quantitative estimate of drug-likeness (QED) is 0.777. The molecule has 1 aromatic carbocycles. The summed E-state index contributed by atoms with van der Waals surface area (Å²) in [7, 11) is 1.46. The van der Waals surface area contributed by atoms with Crippen LogP contribution in [0, 0.1) is 0 Å². The Morgan fingerprint density at radius 3 is 2.75 bits per heavy atom. The van der Waals surface area contributed by atoms with E-state index in [1.807, 2.05) is 6.92 Å². The molecular formula is C15H15ClN2O5S. The number of methoxy groups -OCH3 is 1. The molecule has 1 amide bonds. The third-order valence-electron chi connectivity index (χ3n) is 2.95. The van der Waals surface area contributed by atoms with Crippen LogP contribution >= 0.6 is 22.9 Å². The van der Waals surface area contributed by atoms with Gasteiger partial charge in [-0.2, -0.15) is 0 Å². The van der Waals surface area contributed by atoms with Crippen LogP contribution in [0.5, 0.6) is 11.5 Å². The number of amides is 1. The summed E-state index contributed by atoms with van der Waals surface area (Å²) in [6.07, 6.45) is 0. The summed E-state index contributed by atoms with van der Waals surface area (Å²) < 4.78 is 10.6. The Morgan fingerprint density at radius 2 is 2.17 bits per heavy atom. The van der Waals surface area contributed by atoms with E-state index in [2.05, 4.69) is 10.3 Å². The maximum absolute atomic E-state index is 12.2. The highest BCUT2D eigenvalue weighted by molar-refractivity contribution is 7.09. The molecule has 0 aliphatic rings. The Labute approximate surface area is 147 Å². The fraction of sp³-hybridized carbons (Fsp3) is 0.267. The number of thiazole rings is 1. The van der Waals surface area contributed by atoms with Crippen LogP contribution in [-0.4, -0.2) is 35.7 Å². The number of rotatable bonds is 7. The van der Waals surface area contributed by atoms with E-state index in [1.54, 1.807) is 0 Å². The van der Waals surface area contributed by atoms with Crippen molar-refractivity contribution >= 4 is 34.8 Å². The molecule has 0 aliphatic heterocycles. The number of halogens is 1. The van der Waals surface area contributed by atoms with Crippen LogP contribution in [0.4, 0.5) is 0 Å². The highest BCUT2D eigenvalue weighted by atomic mass is 35.5. The molecule has 0 aliphatic carbocycles. The van der Waals surface area contributed by atoms with Crippen molar-refractivity contribution in [2.24, 2.45) is 0 Å². The Bertz CT molecular complexity index is 762. The van der Waals surface area contributed by atoms with E-state index < -0.39 is 5.97 Å². The number of carbonyl (C=O) groups is 2. The van der Waals surface area contributed by atoms with Crippen molar-refractivity contribution in [3.8, 4) is 11.5 Å². The van der Waals surface area contributed by atoms with Crippen LogP contribution in [0.2, 0.25) is 5.02 Å². The summed E-state index contributed by atoms with van der Waals surface area (Å²) in [5.41, 5.74) is 0.255. The third kappa shape index (κ3) is 4.15. The summed E-state index contributed by atoms with van der Waals surface area (Å²) in [4.78, 5) is 26.9. The van der Waals surface area contributed by atoms with Gasteiger partial charge >= 0.3 is 5.97 Å². The number of carboxylic acids is 1. The lowest BCUT2D eigenvalue weighted by Crippen LogP contribution is -2.23. The second kappa shape index (κ2) is 7.98. The maximum atomic E-state index is 12.2. The number of hydrogen-bond acceptors (Lipinski definition) is 6. The summed E-state index contributed by atoms with van der Waals surface area (Å²) in [5, 5.41) is 13.7. The molecule has 0 fully saturated rings. The zero-order valence-corrected chi connectivity index (χ0v) is 14.5. The standard InChI is InChI=1S/C15H15ClN2O5S/c1-3-23-13-9(16)4-8(5-11(13)22-2)14(19)17-6-12-18-10(7-24-12)15(20)21/h4-5,7H,3,6H2,1-2H3,(H,17,19)(H,20,21). The molecule has 0 radical (unpaired) electrons. The predicted molar refractivity (Wildman–Crippen MR) is 89.4 cm³/mol. The monoisotopic (exact) mass is 370 g/mol. The molecule has 0 spiro atoms. The molecule has 24 heavy (non-hydrogen) atoms. The van der Waals surface area contributed by atoms with E-state index in [9.17, 15) is 9.59 Å². The maximum Gasteiger partial charge on any atom is 0.355 e. The van der Waals surface area contributed by atoms with E-state index >= 15 is 0 Å². The molecule has 0 saturated carbocycles. The Hall–Kier alpha value is -2.32. The van der Waals surface area contributed by atoms with Crippen molar-refractivity contribution in [3.63, 3.8) is 0 Å². The van der Waals surface area contributed by atoms with Crippen molar-refractivity contribution in [3.05, 3.63) is 38.8 Å². The highest BCUT2D eigenvalue weighted by Gasteiger charge is 2.16. The number of carbonyl (C=O) groups excluding carboxylic acids is 1. The van der Waals surface area contributed by atoms with Gasteiger partial charge in [-0.25, -0.2) is 9.78 Å². The first-order valence-corrected chi connectivity index (χ1v) is 8.18. The second-order valence-corrected chi connectivity index (χ2v) is 5.89. The molecule has 7 nitrogen and oxygen atoms in total. The SMILES string of the molecule is CCOc1c(Cl)cc(C(=O)NCc2nc(C(=O)O)cs2)cc1OC. The van der Waals surface area contributed by atoms with Gasteiger partial charge in [0, 0.05) is 10.9 Å². The van der Waals surface area contributed by atoms with Crippen molar-refractivity contribution in [2.75, 3.05) is 13.7 Å². The van der Waals surface area contributed by atoms with Gasteiger partial charge in [0.2, 0.25) is 0 Å². The first-order chi connectivity index (χ1) is 11.5. The van der Waals surface area contributed by atoms with E-state index in [0.29, 0.717) is 28.7 Å². The second-order valence-electron chi connectivity index (χ2n) is 4.54. The van der Waals surface area contributed by atoms with Gasteiger partial charge in [0.05, 0.1) is 25.3 Å². The Balaban J connectivity index is 2.11.